The summed E-state index contributed by atoms with van der Waals surface area (Å²) < 4.78 is 38.7. The van der Waals surface area contributed by atoms with Crippen LogP contribution in [0.5, 0.6) is 0 Å². The number of carbonyl (C=O) groups is 1. The van der Waals surface area contributed by atoms with Crippen LogP contribution in [0.4, 0.5) is 23.7 Å². The second-order valence-corrected chi connectivity index (χ2v) is 8.60. The van der Waals surface area contributed by atoms with Gasteiger partial charge in [-0.05, 0) is 42.0 Å². The van der Waals surface area contributed by atoms with Crippen LogP contribution in [0.2, 0.25) is 0 Å². The Morgan fingerprint density at radius 3 is 2.66 bits per heavy atom. The molecule has 2 aliphatic rings. The Balaban J connectivity index is 1.17. The molecule has 1 aromatic heterocycles. The number of hydrogen-bond acceptors (Lipinski definition) is 4. The van der Waals surface area contributed by atoms with Gasteiger partial charge in [0.05, 0.1) is 22.3 Å². The minimum atomic E-state index is -4.45. The first-order valence-corrected chi connectivity index (χ1v) is 11.4. The number of rotatable bonds is 4. The average Bonchev–Trinajstić information content (AvgIpc) is 3.28. The summed E-state index contributed by atoms with van der Waals surface area (Å²) in [6.07, 6.45) is 1.59. The fourth-order valence-corrected chi connectivity index (χ4v) is 4.25. The summed E-state index contributed by atoms with van der Waals surface area (Å²) in [6.45, 7) is 3.84. The third-order valence-corrected chi connectivity index (χ3v) is 6.12. The van der Waals surface area contributed by atoms with Gasteiger partial charge in [0.2, 0.25) is 0 Å². The lowest BCUT2D eigenvalue weighted by molar-refractivity contribution is -0.137. The van der Waals surface area contributed by atoms with Crippen LogP contribution in [0.1, 0.15) is 17.0 Å². The molecule has 0 atom stereocenters. The third-order valence-electron chi connectivity index (χ3n) is 6.12. The predicted molar refractivity (Wildman–Crippen MR) is 129 cm³/mol. The number of urea groups is 1. The number of nitrogens with zero attached hydrogens (tertiary/aromatic N) is 3. The number of nitrogens with one attached hydrogen (secondary N) is 3. The molecule has 0 saturated carbocycles. The zero-order chi connectivity index (χ0) is 24.4. The summed E-state index contributed by atoms with van der Waals surface area (Å²) >= 11 is 0. The molecule has 0 unspecified atom stereocenters. The zero-order valence-corrected chi connectivity index (χ0v) is 18.9. The second-order valence-electron chi connectivity index (χ2n) is 8.60. The highest BCUT2D eigenvalue weighted by Gasteiger charge is 2.30. The molecule has 1 fully saturated rings. The summed E-state index contributed by atoms with van der Waals surface area (Å²) in [5.41, 5.74) is 3.32. The van der Waals surface area contributed by atoms with Gasteiger partial charge < -0.3 is 20.5 Å². The molecule has 10 heteroatoms. The summed E-state index contributed by atoms with van der Waals surface area (Å²) in [7, 11) is 0. The number of aromatic nitrogens is 2. The number of anilines is 1. The van der Waals surface area contributed by atoms with E-state index in [1.165, 1.54) is 12.1 Å². The van der Waals surface area contributed by atoms with E-state index in [0.717, 1.165) is 53.3 Å². The van der Waals surface area contributed by atoms with Crippen molar-refractivity contribution in [3.05, 3.63) is 77.6 Å². The van der Waals surface area contributed by atoms with Gasteiger partial charge in [0.1, 0.15) is 0 Å². The molecule has 7 nitrogen and oxygen atoms in total. The maximum absolute atomic E-state index is 12.9. The minimum Gasteiger partial charge on any atom is -0.379 e. The summed E-state index contributed by atoms with van der Waals surface area (Å²) in [5.74, 6) is 0.807. The molecule has 2 amide bonds. The van der Waals surface area contributed by atoms with Crippen LogP contribution in [0.25, 0.3) is 16.7 Å². The Bertz CT molecular complexity index is 1290. The van der Waals surface area contributed by atoms with Crippen molar-refractivity contribution < 1.29 is 18.0 Å². The number of piperazine rings is 1. The van der Waals surface area contributed by atoms with Gasteiger partial charge >= 0.3 is 12.2 Å². The fraction of sp³-hybridized carbons (Fsp3) is 0.280. The van der Waals surface area contributed by atoms with E-state index < -0.39 is 17.8 Å². The molecule has 2 aromatic carbocycles. The normalized spacial score (nSPS) is 16.8. The van der Waals surface area contributed by atoms with E-state index in [1.54, 1.807) is 4.90 Å². The van der Waals surface area contributed by atoms with Gasteiger partial charge in [0.25, 0.3) is 0 Å². The van der Waals surface area contributed by atoms with Gasteiger partial charge in [-0.15, -0.1) is 0 Å². The topological polar surface area (TPSA) is 76.3 Å². The molecular weight excluding hydrogens is 457 g/mol. The van der Waals surface area contributed by atoms with Crippen molar-refractivity contribution in [2.75, 3.05) is 38.0 Å². The molecule has 35 heavy (non-hydrogen) atoms. The number of H-pyrrole nitrogens is 1. The number of hydrogen-bond donors (Lipinski definition) is 3. The number of amides is 2. The lowest BCUT2D eigenvalue weighted by Crippen LogP contribution is -2.49. The third kappa shape index (κ3) is 5.32. The summed E-state index contributed by atoms with van der Waals surface area (Å²) in [4.78, 5) is 24.5. The predicted octanol–water partition coefficient (Wildman–Crippen LogP) is 4.43. The Kier molecular flexibility index (Phi) is 6.21. The quantitative estimate of drug-likeness (QED) is 0.514. The number of halogens is 3. The van der Waals surface area contributed by atoms with Crippen LogP contribution in [0, 0.1) is 0 Å². The van der Waals surface area contributed by atoms with Crippen LogP contribution in [-0.2, 0) is 12.7 Å². The van der Waals surface area contributed by atoms with E-state index in [0.29, 0.717) is 26.2 Å². The minimum absolute atomic E-state index is 0.134. The molecular formula is C25H25F3N6O. The zero-order valence-electron chi connectivity index (χ0n) is 18.9. The van der Waals surface area contributed by atoms with Crippen molar-refractivity contribution >= 4 is 28.4 Å². The molecule has 3 aromatic rings. The van der Waals surface area contributed by atoms with Crippen LogP contribution < -0.4 is 10.6 Å². The highest BCUT2D eigenvalue weighted by atomic mass is 19.4. The molecule has 2 aliphatic heterocycles. The first kappa shape index (κ1) is 23.0. The number of allylic oxidation sites excluding steroid dienone is 2. The Hall–Kier alpha value is -3.79. The number of alkyl halides is 3. The SMILES string of the molecule is O=C(Nc1cccc(C(F)(F)F)c1)N1CCN(Cc2ccc3nc(C4=CC=CCN4)[nH]c3c2)CC1. The largest absolute Gasteiger partial charge is 0.416 e. The van der Waals surface area contributed by atoms with E-state index in [2.05, 4.69) is 37.6 Å². The van der Waals surface area contributed by atoms with Crippen molar-refractivity contribution in [3.63, 3.8) is 0 Å². The summed E-state index contributed by atoms with van der Waals surface area (Å²) in [5, 5.41) is 5.88. The first-order valence-electron chi connectivity index (χ1n) is 11.4. The number of aromatic amines is 1. The number of imidazole rings is 1. The van der Waals surface area contributed by atoms with Crippen molar-refractivity contribution in [3.8, 4) is 0 Å². The van der Waals surface area contributed by atoms with Crippen LogP contribution in [0.15, 0.2) is 60.7 Å². The van der Waals surface area contributed by atoms with Gasteiger partial charge in [-0.2, -0.15) is 13.2 Å². The average molecular weight is 483 g/mol. The van der Waals surface area contributed by atoms with Crippen molar-refractivity contribution in [2.45, 2.75) is 12.7 Å². The number of carbonyl (C=O) groups excluding carboxylic acids is 1. The molecule has 3 N–H and O–H groups in total. The Morgan fingerprint density at radius 1 is 1.09 bits per heavy atom. The van der Waals surface area contributed by atoms with Gasteiger partial charge in [-0.3, -0.25) is 4.90 Å². The van der Waals surface area contributed by atoms with E-state index >= 15 is 0 Å². The molecule has 1 saturated heterocycles. The number of fused-ring (bicyclic) bond motifs is 1. The molecule has 182 valence electrons. The van der Waals surface area contributed by atoms with Gasteiger partial charge in [0.15, 0.2) is 5.82 Å². The molecule has 0 aliphatic carbocycles. The van der Waals surface area contributed by atoms with E-state index in [1.807, 2.05) is 24.3 Å². The van der Waals surface area contributed by atoms with Gasteiger partial charge in [0, 0.05) is 45.0 Å². The van der Waals surface area contributed by atoms with E-state index in [4.69, 9.17) is 0 Å². The molecule has 0 spiro atoms. The van der Waals surface area contributed by atoms with E-state index in [9.17, 15) is 18.0 Å². The molecule has 0 radical (unpaired) electrons. The highest BCUT2D eigenvalue weighted by molar-refractivity contribution is 5.89. The van der Waals surface area contributed by atoms with Crippen LogP contribution in [0.3, 0.4) is 0 Å². The lowest BCUT2D eigenvalue weighted by atomic mass is 10.1. The van der Waals surface area contributed by atoms with Crippen molar-refractivity contribution in [1.82, 2.24) is 25.1 Å². The van der Waals surface area contributed by atoms with Crippen molar-refractivity contribution in [2.24, 2.45) is 0 Å². The molecule has 0 bridgehead atoms. The Labute approximate surface area is 200 Å². The first-order chi connectivity index (χ1) is 16.8. The monoisotopic (exact) mass is 482 g/mol. The van der Waals surface area contributed by atoms with E-state index in [-0.39, 0.29) is 5.69 Å². The van der Waals surface area contributed by atoms with Crippen molar-refractivity contribution in [1.29, 1.82) is 0 Å². The van der Waals surface area contributed by atoms with Crippen LogP contribution >= 0.6 is 0 Å². The summed E-state index contributed by atoms with van der Waals surface area (Å²) in [6, 6.07) is 10.4. The molecule has 5 rings (SSSR count). The van der Waals surface area contributed by atoms with Gasteiger partial charge in [-0.1, -0.05) is 24.3 Å². The number of dihydropyridines is 1. The Morgan fingerprint density at radius 2 is 1.91 bits per heavy atom. The number of benzene rings is 2. The maximum Gasteiger partial charge on any atom is 0.416 e. The van der Waals surface area contributed by atoms with Gasteiger partial charge in [-0.25, -0.2) is 9.78 Å². The lowest BCUT2D eigenvalue weighted by Gasteiger charge is -2.34. The standard InChI is InChI=1S/C25H25F3N6O/c26-25(27,28)18-4-3-5-19(15-18)30-24(35)34-12-10-33(11-13-34)16-17-7-8-20-22(14-17)32-23(31-20)21-6-1-2-9-29-21/h1-8,14-15,29H,9-13,16H2,(H,30,35)(H,31,32). The van der Waals surface area contributed by atoms with Crippen LogP contribution in [-0.4, -0.2) is 58.5 Å². The smallest absolute Gasteiger partial charge is 0.379 e. The maximum atomic E-state index is 12.9. The second kappa shape index (κ2) is 9.46. The molecule has 3 heterocycles. The fourth-order valence-electron chi connectivity index (χ4n) is 4.25. The highest BCUT2D eigenvalue weighted by Crippen LogP contribution is 2.30.